The van der Waals surface area contributed by atoms with E-state index in [1.165, 1.54) is 35.1 Å². The number of hydrogen-bond donors (Lipinski definition) is 0. The normalized spacial score (nSPS) is 9.93. The first-order valence-electron chi connectivity index (χ1n) is 9.65. The molecule has 0 unspecified atom stereocenters. The van der Waals surface area contributed by atoms with Crippen LogP contribution in [0.15, 0.2) is 110 Å². The molecule has 0 aliphatic heterocycles. The topological polar surface area (TPSA) is 0 Å². The molecular weight excluding hydrogens is 393 g/mol. The molecule has 0 aromatic heterocycles. The number of aryl methyl sites for hydroxylation is 1. The molecule has 0 amide bonds. The Hall–Kier alpha value is -2.83. The molecule has 0 radical (unpaired) electrons. The van der Waals surface area contributed by atoms with Crippen molar-refractivity contribution >= 4 is 23.8 Å². The summed E-state index contributed by atoms with van der Waals surface area (Å²) in [7, 11) is -0.816. The van der Waals surface area contributed by atoms with Crippen molar-refractivity contribution in [1.29, 1.82) is 0 Å². The van der Waals surface area contributed by atoms with E-state index >= 15 is 0 Å². The summed E-state index contributed by atoms with van der Waals surface area (Å²) in [6.45, 7) is 12.8. The first kappa shape index (κ1) is 25.2. The van der Waals surface area contributed by atoms with Crippen LogP contribution < -0.4 is 15.9 Å². The fraction of sp³-hybridized carbons (Fsp3) is 0.111. The van der Waals surface area contributed by atoms with Gasteiger partial charge in [-0.25, -0.2) is 8.78 Å². The molecule has 0 saturated heterocycles. The van der Waals surface area contributed by atoms with Crippen LogP contribution in [0.2, 0.25) is 0 Å². The lowest BCUT2D eigenvalue weighted by molar-refractivity contribution is 0.628. The van der Waals surface area contributed by atoms with Gasteiger partial charge in [-0.05, 0) is 68.9 Å². The van der Waals surface area contributed by atoms with Crippen LogP contribution in [-0.2, 0) is 0 Å². The van der Waals surface area contributed by atoms with E-state index < -0.39 is 7.92 Å². The summed E-state index contributed by atoms with van der Waals surface area (Å²) in [5.74, 6) is -0.497. The first-order valence-corrected chi connectivity index (χ1v) is 11.0. The van der Waals surface area contributed by atoms with Gasteiger partial charge in [0, 0.05) is 0 Å². The van der Waals surface area contributed by atoms with Crippen molar-refractivity contribution in [2.24, 2.45) is 0 Å². The third kappa shape index (κ3) is 8.68. The molecule has 0 fully saturated rings. The average Bonchev–Trinajstić information content (AvgIpc) is 2.78. The van der Waals surface area contributed by atoms with Gasteiger partial charge in [0.1, 0.15) is 11.6 Å². The number of allylic oxidation sites excluding steroid dienone is 4. The van der Waals surface area contributed by atoms with E-state index in [-0.39, 0.29) is 11.6 Å². The Morgan fingerprint density at radius 3 is 1.17 bits per heavy atom. The van der Waals surface area contributed by atoms with E-state index in [4.69, 9.17) is 0 Å². The molecule has 0 atom stereocenters. The first-order chi connectivity index (χ1) is 14.5. The van der Waals surface area contributed by atoms with Crippen LogP contribution in [0.25, 0.3) is 0 Å². The summed E-state index contributed by atoms with van der Waals surface area (Å²) >= 11 is 0. The van der Waals surface area contributed by atoms with Gasteiger partial charge >= 0.3 is 0 Å². The molecule has 0 nitrogen and oxygen atoms in total. The molecule has 0 aliphatic rings. The zero-order valence-electron chi connectivity index (χ0n) is 17.9. The van der Waals surface area contributed by atoms with Crippen molar-refractivity contribution < 1.29 is 8.78 Å². The standard InChI is InChI=1S/C19H15F2P.C4H8.C4H6/c1-14-2-8-17(9-3-14)22(18-10-4-15(20)5-11-18)19-12-6-16(21)7-13-19;2*1-3-4-2/h2-13H,1H3;3-4H,1-2H3;3-4H,1-2H2/b;4-3-;. The Morgan fingerprint density at radius 1 is 0.600 bits per heavy atom. The Bertz CT molecular complexity index is 790. The molecule has 3 heteroatoms. The zero-order valence-corrected chi connectivity index (χ0v) is 18.7. The second-order valence-electron chi connectivity index (χ2n) is 6.26. The lowest BCUT2D eigenvalue weighted by atomic mass is 10.2. The summed E-state index contributed by atoms with van der Waals surface area (Å²) in [4.78, 5) is 0. The molecule has 0 saturated carbocycles. The SMILES string of the molecule is C/C=C\C.C=CC=C.Cc1ccc(P(c2ccc(F)cc2)c2ccc(F)cc2)cc1. The Morgan fingerprint density at radius 2 is 0.900 bits per heavy atom. The fourth-order valence-electron chi connectivity index (χ4n) is 2.32. The molecule has 0 heterocycles. The predicted molar refractivity (Wildman–Crippen MR) is 131 cm³/mol. The van der Waals surface area contributed by atoms with E-state index in [9.17, 15) is 8.78 Å². The average molecular weight is 422 g/mol. The van der Waals surface area contributed by atoms with E-state index in [2.05, 4.69) is 37.4 Å². The van der Waals surface area contributed by atoms with Crippen LogP contribution in [0, 0.1) is 18.6 Å². The molecule has 30 heavy (non-hydrogen) atoms. The number of hydrogen-bond acceptors (Lipinski definition) is 0. The molecule has 0 aliphatic carbocycles. The summed E-state index contributed by atoms with van der Waals surface area (Å²) in [5.41, 5.74) is 1.19. The highest BCUT2D eigenvalue weighted by molar-refractivity contribution is 7.79. The van der Waals surface area contributed by atoms with Crippen LogP contribution in [0.4, 0.5) is 8.78 Å². The molecule has 0 N–H and O–H groups in total. The summed E-state index contributed by atoms with van der Waals surface area (Å²) in [6, 6.07) is 21.5. The Kier molecular flexibility index (Phi) is 11.9. The minimum absolute atomic E-state index is 0.248. The third-order valence-corrected chi connectivity index (χ3v) is 6.41. The smallest absolute Gasteiger partial charge is 0.123 e. The van der Waals surface area contributed by atoms with Crippen LogP contribution in [0.5, 0.6) is 0 Å². The summed E-state index contributed by atoms with van der Waals surface area (Å²) in [5, 5.41) is 3.26. The summed E-state index contributed by atoms with van der Waals surface area (Å²) < 4.78 is 26.4. The van der Waals surface area contributed by atoms with Gasteiger partial charge in [-0.2, -0.15) is 0 Å². The zero-order chi connectivity index (χ0) is 22.4. The largest absolute Gasteiger partial charge is 0.207 e. The van der Waals surface area contributed by atoms with Crippen molar-refractivity contribution in [2.45, 2.75) is 20.8 Å². The minimum atomic E-state index is -0.816. The highest BCUT2D eigenvalue weighted by Crippen LogP contribution is 2.32. The van der Waals surface area contributed by atoms with Gasteiger partial charge in [0.25, 0.3) is 0 Å². The maximum atomic E-state index is 13.2. The van der Waals surface area contributed by atoms with Gasteiger partial charge in [-0.3, -0.25) is 0 Å². The maximum Gasteiger partial charge on any atom is 0.123 e. The quantitative estimate of drug-likeness (QED) is 0.242. The molecule has 0 bridgehead atoms. The number of rotatable bonds is 4. The predicted octanol–water partition coefficient (Wildman–Crippen LogP) is 6.97. The summed E-state index contributed by atoms with van der Waals surface area (Å²) in [6.07, 6.45) is 7.28. The van der Waals surface area contributed by atoms with Crippen LogP contribution in [0.1, 0.15) is 19.4 Å². The number of halogens is 2. The minimum Gasteiger partial charge on any atom is -0.207 e. The van der Waals surface area contributed by atoms with Gasteiger partial charge in [0.15, 0.2) is 0 Å². The van der Waals surface area contributed by atoms with E-state index in [1.807, 2.05) is 57.2 Å². The molecule has 3 rings (SSSR count). The van der Waals surface area contributed by atoms with Crippen molar-refractivity contribution in [2.75, 3.05) is 0 Å². The van der Waals surface area contributed by atoms with Crippen LogP contribution in [-0.4, -0.2) is 0 Å². The fourth-order valence-corrected chi connectivity index (χ4v) is 4.56. The second-order valence-corrected chi connectivity index (χ2v) is 8.48. The highest BCUT2D eigenvalue weighted by Gasteiger charge is 2.16. The molecular formula is C27H29F2P. The van der Waals surface area contributed by atoms with E-state index in [0.717, 1.165) is 10.6 Å². The lowest BCUT2D eigenvalue weighted by Crippen LogP contribution is -2.20. The monoisotopic (exact) mass is 422 g/mol. The number of benzene rings is 3. The Balaban J connectivity index is 0.000000485. The third-order valence-electron chi connectivity index (χ3n) is 3.96. The van der Waals surface area contributed by atoms with E-state index in [0.29, 0.717) is 0 Å². The van der Waals surface area contributed by atoms with E-state index in [1.54, 1.807) is 12.2 Å². The highest BCUT2D eigenvalue weighted by atomic mass is 31.1. The molecule has 156 valence electrons. The molecule has 3 aromatic carbocycles. The van der Waals surface area contributed by atoms with Crippen molar-refractivity contribution in [3.63, 3.8) is 0 Å². The van der Waals surface area contributed by atoms with Gasteiger partial charge in [0.2, 0.25) is 0 Å². The molecule has 0 spiro atoms. The second kappa shape index (κ2) is 14.2. The van der Waals surface area contributed by atoms with Gasteiger partial charge < -0.3 is 0 Å². The van der Waals surface area contributed by atoms with Crippen molar-refractivity contribution in [1.82, 2.24) is 0 Å². The maximum absolute atomic E-state index is 13.2. The van der Waals surface area contributed by atoms with Gasteiger partial charge in [-0.15, -0.1) is 0 Å². The van der Waals surface area contributed by atoms with Crippen LogP contribution >= 0.6 is 7.92 Å². The van der Waals surface area contributed by atoms with Crippen molar-refractivity contribution in [3.05, 3.63) is 127 Å². The van der Waals surface area contributed by atoms with Gasteiger partial charge in [-0.1, -0.05) is 91.6 Å². The Labute approximate surface area is 181 Å². The van der Waals surface area contributed by atoms with Crippen molar-refractivity contribution in [3.8, 4) is 0 Å². The van der Waals surface area contributed by atoms with Gasteiger partial charge in [0.05, 0.1) is 0 Å². The van der Waals surface area contributed by atoms with Crippen LogP contribution in [0.3, 0.4) is 0 Å². The lowest BCUT2D eigenvalue weighted by Gasteiger charge is -2.19. The molecule has 3 aromatic rings.